The maximum atomic E-state index is 13.5. The number of hydrogen-bond donors (Lipinski definition) is 5. The van der Waals surface area contributed by atoms with Crippen LogP contribution in [0.15, 0.2) is 11.6 Å². The first-order chi connectivity index (χ1) is 21.6. The van der Waals surface area contributed by atoms with Gasteiger partial charge in [0, 0.05) is 18.3 Å². The molecule has 3 saturated carbocycles. The minimum Gasteiger partial charge on any atom is -0.480 e. The molecule has 4 aliphatic carbocycles. The largest absolute Gasteiger partial charge is 0.480 e. The monoisotopic (exact) mass is 664 g/mol. The van der Waals surface area contributed by atoms with E-state index in [9.17, 15) is 44.1 Å². The first-order valence-corrected chi connectivity index (χ1v) is 17.6. The fourth-order valence-electron chi connectivity index (χ4n) is 8.87. The van der Waals surface area contributed by atoms with Gasteiger partial charge in [-0.3, -0.25) is 24.0 Å². The average Bonchev–Trinajstić information content (AvgIpc) is 3.27. The van der Waals surface area contributed by atoms with E-state index in [-0.39, 0.29) is 61.1 Å². The molecule has 256 valence electrons. The van der Waals surface area contributed by atoms with Gasteiger partial charge in [0.05, 0.1) is 12.5 Å². The Morgan fingerprint density at radius 2 is 1.80 bits per heavy atom. The molecule has 0 aliphatic heterocycles. The third kappa shape index (κ3) is 6.92. The number of aliphatic carboxylic acids is 1. The molecular weight excluding hydrogens is 616 g/mol. The van der Waals surface area contributed by atoms with Crippen LogP contribution in [-0.2, 0) is 33.5 Å². The summed E-state index contributed by atoms with van der Waals surface area (Å²) in [4.78, 5) is 74.1. The van der Waals surface area contributed by atoms with Gasteiger partial charge >= 0.3 is 11.9 Å². The number of hydrogen-bond acceptors (Lipinski definition) is 10. The molecule has 0 aromatic rings. The van der Waals surface area contributed by atoms with Crippen LogP contribution in [0.2, 0.25) is 0 Å². The lowest BCUT2D eigenvalue weighted by Crippen LogP contribution is -2.62. The van der Waals surface area contributed by atoms with Gasteiger partial charge in [0.25, 0.3) is 0 Å². The second kappa shape index (κ2) is 14.1. The van der Waals surface area contributed by atoms with Crippen molar-refractivity contribution in [2.75, 3.05) is 18.6 Å². The van der Waals surface area contributed by atoms with Crippen molar-refractivity contribution in [2.45, 2.75) is 109 Å². The number of esters is 1. The summed E-state index contributed by atoms with van der Waals surface area (Å²) in [6.07, 6.45) is 6.05. The number of nitrogens with one attached hydrogen (secondary N) is 2. The van der Waals surface area contributed by atoms with Gasteiger partial charge < -0.3 is 30.7 Å². The maximum Gasteiger partial charge on any atom is 0.326 e. The Kier molecular flexibility index (Phi) is 11.1. The van der Waals surface area contributed by atoms with Crippen LogP contribution >= 0.6 is 11.8 Å². The SMILES string of the molecule is CSCC[C@H](NC(=O)[C@H](C)NC(=O)CCC(=O)OCC(=O)[C@@]1(O)CC[C@H]2[C@@H]3CCC4=CC(=O)CC[C@]4(C)[C@H]3[C@@H](O)C[C@@]21C)C(=O)O. The summed E-state index contributed by atoms with van der Waals surface area (Å²) >= 11 is 1.44. The van der Waals surface area contributed by atoms with Crippen molar-refractivity contribution < 1.29 is 48.8 Å². The topological polar surface area (TPSA) is 196 Å². The Balaban J connectivity index is 1.28. The van der Waals surface area contributed by atoms with Crippen LogP contribution in [0.3, 0.4) is 0 Å². The number of allylic oxidation sites excluding steroid dienone is 1. The molecule has 12 nitrogen and oxygen atoms in total. The number of amides is 2. The number of carboxylic acid groups (broad SMARTS) is 1. The van der Waals surface area contributed by atoms with Crippen LogP contribution in [0.1, 0.15) is 85.0 Å². The van der Waals surface area contributed by atoms with Gasteiger partial charge in [-0.05, 0) is 93.1 Å². The molecule has 4 rings (SSSR count). The lowest BCUT2D eigenvalue weighted by molar-refractivity contribution is -0.184. The predicted octanol–water partition coefficient (Wildman–Crippen LogP) is 1.94. The normalized spacial score (nSPS) is 34.6. The van der Waals surface area contributed by atoms with Crippen molar-refractivity contribution in [3.05, 3.63) is 11.6 Å². The molecule has 13 heteroatoms. The van der Waals surface area contributed by atoms with Gasteiger partial charge in [-0.25, -0.2) is 4.79 Å². The van der Waals surface area contributed by atoms with Crippen molar-refractivity contribution in [2.24, 2.45) is 28.6 Å². The highest BCUT2D eigenvalue weighted by atomic mass is 32.2. The summed E-state index contributed by atoms with van der Waals surface area (Å²) in [7, 11) is 0. The number of fused-ring (bicyclic) bond motifs is 5. The number of thioether (sulfide) groups is 1. The van der Waals surface area contributed by atoms with Crippen molar-refractivity contribution in [3.8, 4) is 0 Å². The van der Waals surface area contributed by atoms with Crippen molar-refractivity contribution in [3.63, 3.8) is 0 Å². The van der Waals surface area contributed by atoms with Crippen LogP contribution in [-0.4, -0.2) is 93.0 Å². The molecule has 0 spiro atoms. The zero-order chi connectivity index (χ0) is 34.0. The van der Waals surface area contributed by atoms with E-state index < -0.39 is 65.3 Å². The van der Waals surface area contributed by atoms with Crippen LogP contribution in [0.25, 0.3) is 0 Å². The van der Waals surface area contributed by atoms with E-state index in [1.807, 2.05) is 13.2 Å². The molecule has 5 N–H and O–H groups in total. The Morgan fingerprint density at radius 3 is 2.48 bits per heavy atom. The summed E-state index contributed by atoms with van der Waals surface area (Å²) in [5.74, 6) is -3.25. The van der Waals surface area contributed by atoms with Crippen LogP contribution < -0.4 is 10.6 Å². The molecule has 0 saturated heterocycles. The predicted molar refractivity (Wildman–Crippen MR) is 168 cm³/mol. The number of carbonyl (C=O) groups excluding carboxylic acids is 5. The Hall–Kier alpha value is -2.77. The third-order valence-corrected chi connectivity index (χ3v) is 12.1. The highest BCUT2D eigenvalue weighted by molar-refractivity contribution is 7.98. The van der Waals surface area contributed by atoms with Gasteiger partial charge in [0.15, 0.2) is 12.4 Å². The smallest absolute Gasteiger partial charge is 0.326 e. The molecule has 4 aliphatic rings. The van der Waals surface area contributed by atoms with Gasteiger partial charge in [-0.2, -0.15) is 11.8 Å². The molecule has 0 aromatic heterocycles. The Labute approximate surface area is 273 Å². The fourth-order valence-corrected chi connectivity index (χ4v) is 9.34. The lowest BCUT2D eigenvalue weighted by Gasteiger charge is -2.60. The van der Waals surface area contributed by atoms with E-state index in [0.29, 0.717) is 25.0 Å². The minimum atomic E-state index is -1.78. The Morgan fingerprint density at radius 1 is 1.09 bits per heavy atom. The first kappa shape index (κ1) is 36.1. The Bertz CT molecular complexity index is 1290. The number of Topliss-reactive ketones (excluding diaryl/α,β-unsaturated/α-hetero) is 1. The number of aliphatic hydroxyl groups is 2. The first-order valence-electron chi connectivity index (χ1n) is 16.2. The van der Waals surface area contributed by atoms with E-state index in [0.717, 1.165) is 18.4 Å². The van der Waals surface area contributed by atoms with E-state index in [1.54, 1.807) is 6.08 Å². The maximum absolute atomic E-state index is 13.5. The molecular formula is C33H48N2O10S. The van der Waals surface area contributed by atoms with Crippen molar-refractivity contribution >= 4 is 47.1 Å². The quantitative estimate of drug-likeness (QED) is 0.181. The van der Waals surface area contributed by atoms with E-state index in [4.69, 9.17) is 4.74 Å². The van der Waals surface area contributed by atoms with E-state index >= 15 is 0 Å². The van der Waals surface area contributed by atoms with Gasteiger partial charge in [-0.1, -0.05) is 19.4 Å². The number of ether oxygens (including phenoxy) is 1. The summed E-state index contributed by atoms with van der Waals surface area (Å²) in [6.45, 7) is 4.72. The second-order valence-electron chi connectivity index (χ2n) is 14.0. The third-order valence-electron chi connectivity index (χ3n) is 11.4. The number of ketones is 2. The molecule has 9 atom stereocenters. The van der Waals surface area contributed by atoms with Gasteiger partial charge in [0.1, 0.15) is 17.7 Å². The number of rotatable bonds is 13. The number of carbonyl (C=O) groups is 6. The van der Waals surface area contributed by atoms with Gasteiger partial charge in [-0.15, -0.1) is 0 Å². The molecule has 0 unspecified atom stereocenters. The highest BCUT2D eigenvalue weighted by Gasteiger charge is 2.68. The molecule has 46 heavy (non-hydrogen) atoms. The average molecular weight is 665 g/mol. The highest BCUT2D eigenvalue weighted by Crippen LogP contribution is 2.67. The van der Waals surface area contributed by atoms with Crippen LogP contribution in [0, 0.1) is 28.6 Å². The standard InChI is InChI=1S/C33H48N2O10S/c1-18(29(41)35-23(30(42)43)11-14-46-4)34-26(39)7-8-27(40)45-17-25(38)33(44)13-10-22-21-6-5-19-15-20(36)9-12-31(19,2)28(21)24(37)16-32(22,33)3/h15,18,21-24,28,37,44H,5-14,16-17H2,1-4H3,(H,34,39)(H,35,41)(H,42,43)/t18-,21-,22-,23-,24-,28+,31-,32-,33-/m0/s1. The molecule has 0 radical (unpaired) electrons. The van der Waals surface area contributed by atoms with E-state index in [1.165, 1.54) is 18.7 Å². The summed E-state index contributed by atoms with van der Waals surface area (Å²) in [5.41, 5.74) is -1.89. The zero-order valence-corrected chi connectivity index (χ0v) is 28.0. The number of carboxylic acids is 1. The van der Waals surface area contributed by atoms with Crippen LogP contribution in [0.5, 0.6) is 0 Å². The minimum absolute atomic E-state index is 0.0132. The lowest BCUT2D eigenvalue weighted by atomic mass is 9.45. The summed E-state index contributed by atoms with van der Waals surface area (Å²) in [6, 6.07) is -2.12. The van der Waals surface area contributed by atoms with E-state index in [2.05, 4.69) is 17.6 Å². The van der Waals surface area contributed by atoms with Crippen LogP contribution in [0.4, 0.5) is 0 Å². The molecule has 0 heterocycles. The molecule has 2 amide bonds. The second-order valence-corrected chi connectivity index (χ2v) is 15.0. The number of aliphatic hydroxyl groups excluding tert-OH is 1. The molecule has 0 bridgehead atoms. The molecule has 0 aromatic carbocycles. The zero-order valence-electron chi connectivity index (χ0n) is 27.1. The summed E-state index contributed by atoms with van der Waals surface area (Å²) < 4.78 is 5.18. The summed E-state index contributed by atoms with van der Waals surface area (Å²) in [5, 5.41) is 37.5. The van der Waals surface area contributed by atoms with Crippen molar-refractivity contribution in [1.82, 2.24) is 10.6 Å². The molecule has 3 fully saturated rings. The fraction of sp³-hybridized carbons (Fsp3) is 0.758. The van der Waals surface area contributed by atoms with Crippen molar-refractivity contribution in [1.29, 1.82) is 0 Å². The van der Waals surface area contributed by atoms with Gasteiger partial charge in [0.2, 0.25) is 17.6 Å².